The van der Waals surface area contributed by atoms with Gasteiger partial charge < -0.3 is 14.8 Å². The number of ketones is 1. The lowest BCUT2D eigenvalue weighted by atomic mass is 10.1. The van der Waals surface area contributed by atoms with Gasteiger partial charge in [-0.05, 0) is 44.0 Å². The molecule has 5 heteroatoms. The molecule has 1 amide bonds. The van der Waals surface area contributed by atoms with Crippen LogP contribution in [0.4, 0.5) is 0 Å². The minimum absolute atomic E-state index is 0.0398. The van der Waals surface area contributed by atoms with Gasteiger partial charge in [-0.2, -0.15) is 0 Å². The van der Waals surface area contributed by atoms with E-state index in [2.05, 4.69) is 11.4 Å². The van der Waals surface area contributed by atoms with Gasteiger partial charge in [0, 0.05) is 12.1 Å². The Labute approximate surface area is 148 Å². The largest absolute Gasteiger partial charge is 0.496 e. The van der Waals surface area contributed by atoms with Gasteiger partial charge in [-0.25, -0.2) is 0 Å². The van der Waals surface area contributed by atoms with Crippen molar-refractivity contribution in [3.8, 4) is 11.5 Å². The number of aryl methyl sites for hydroxylation is 1. The van der Waals surface area contributed by atoms with Crippen LogP contribution in [0.1, 0.15) is 28.4 Å². The summed E-state index contributed by atoms with van der Waals surface area (Å²) in [6.07, 6.45) is 0.677. The molecular weight excluding hydrogens is 318 g/mol. The fourth-order valence-electron chi connectivity index (χ4n) is 2.44. The molecule has 0 atom stereocenters. The quantitative estimate of drug-likeness (QED) is 0.750. The number of ether oxygens (including phenoxy) is 2. The molecule has 25 heavy (non-hydrogen) atoms. The number of rotatable bonds is 8. The minimum atomic E-state index is -0.208. The van der Waals surface area contributed by atoms with Crippen LogP contribution in [0.25, 0.3) is 0 Å². The monoisotopic (exact) mass is 341 g/mol. The number of Topliss-reactive ketones (excluding diaryl/α,β-unsaturated/α-hetero) is 1. The molecule has 0 saturated heterocycles. The third-order valence-corrected chi connectivity index (χ3v) is 3.76. The highest BCUT2D eigenvalue weighted by Gasteiger charge is 2.07. The van der Waals surface area contributed by atoms with Crippen molar-refractivity contribution in [3.05, 3.63) is 59.2 Å². The van der Waals surface area contributed by atoms with Gasteiger partial charge in [0.2, 0.25) is 0 Å². The van der Waals surface area contributed by atoms with Crippen molar-refractivity contribution in [2.24, 2.45) is 0 Å². The summed E-state index contributed by atoms with van der Waals surface area (Å²) in [5.41, 5.74) is 2.76. The molecule has 2 aromatic rings. The smallest absolute Gasteiger partial charge is 0.257 e. The summed E-state index contributed by atoms with van der Waals surface area (Å²) in [6.45, 7) is 3.91. The summed E-state index contributed by atoms with van der Waals surface area (Å²) in [7, 11) is 1.63. The Morgan fingerprint density at radius 2 is 1.92 bits per heavy atom. The van der Waals surface area contributed by atoms with E-state index in [1.165, 1.54) is 6.92 Å². The van der Waals surface area contributed by atoms with Crippen LogP contribution in [0.3, 0.4) is 0 Å². The number of methoxy groups -OCH3 is 1. The first-order valence-electron chi connectivity index (χ1n) is 8.13. The van der Waals surface area contributed by atoms with E-state index in [4.69, 9.17) is 9.47 Å². The zero-order valence-corrected chi connectivity index (χ0v) is 14.8. The van der Waals surface area contributed by atoms with Crippen molar-refractivity contribution in [3.63, 3.8) is 0 Å². The van der Waals surface area contributed by atoms with Gasteiger partial charge in [0.1, 0.15) is 11.5 Å². The van der Waals surface area contributed by atoms with Gasteiger partial charge >= 0.3 is 0 Å². The highest BCUT2D eigenvalue weighted by Crippen LogP contribution is 2.19. The number of hydrogen-bond donors (Lipinski definition) is 1. The Morgan fingerprint density at radius 3 is 2.64 bits per heavy atom. The SMILES string of the molecule is COc1ccc(C)cc1CCNC(=O)COc1cccc(C(C)=O)c1. The standard InChI is InChI=1S/C20H23NO4/c1-14-7-8-19(24-3)17(11-14)9-10-21-20(23)13-25-18-6-4-5-16(12-18)15(2)22/h4-8,11-12H,9-10,13H2,1-3H3,(H,21,23). The molecule has 0 aliphatic heterocycles. The van der Waals surface area contributed by atoms with Crippen LogP contribution in [-0.2, 0) is 11.2 Å². The number of benzene rings is 2. The van der Waals surface area contributed by atoms with E-state index in [1.54, 1.807) is 31.4 Å². The highest BCUT2D eigenvalue weighted by atomic mass is 16.5. The van der Waals surface area contributed by atoms with Gasteiger partial charge in [-0.1, -0.05) is 29.8 Å². The van der Waals surface area contributed by atoms with Crippen molar-refractivity contribution in [1.82, 2.24) is 5.32 Å². The van der Waals surface area contributed by atoms with E-state index < -0.39 is 0 Å². The molecule has 0 aliphatic carbocycles. The van der Waals surface area contributed by atoms with Crippen LogP contribution < -0.4 is 14.8 Å². The first-order valence-corrected chi connectivity index (χ1v) is 8.13. The van der Waals surface area contributed by atoms with Gasteiger partial charge in [-0.15, -0.1) is 0 Å². The van der Waals surface area contributed by atoms with Gasteiger partial charge in [0.05, 0.1) is 7.11 Å². The number of amides is 1. The first kappa shape index (κ1) is 18.5. The van der Waals surface area contributed by atoms with Gasteiger partial charge in [0.15, 0.2) is 12.4 Å². The molecular formula is C20H23NO4. The zero-order chi connectivity index (χ0) is 18.2. The third kappa shape index (κ3) is 5.64. The molecule has 0 bridgehead atoms. The summed E-state index contributed by atoms with van der Waals surface area (Å²) in [5.74, 6) is 1.07. The maximum absolute atomic E-state index is 11.9. The van der Waals surface area contributed by atoms with Crippen LogP contribution in [0.2, 0.25) is 0 Å². The molecule has 1 N–H and O–H groups in total. The minimum Gasteiger partial charge on any atom is -0.496 e. The maximum atomic E-state index is 11.9. The van der Waals surface area contributed by atoms with Crippen LogP contribution in [0.5, 0.6) is 11.5 Å². The Kier molecular flexibility index (Phi) is 6.57. The van der Waals surface area contributed by atoms with Crippen molar-refractivity contribution >= 4 is 11.7 Å². The van der Waals surface area contributed by atoms with E-state index >= 15 is 0 Å². The van der Waals surface area contributed by atoms with Crippen molar-refractivity contribution in [2.45, 2.75) is 20.3 Å². The van der Waals surface area contributed by atoms with Crippen LogP contribution in [0.15, 0.2) is 42.5 Å². The van der Waals surface area contributed by atoms with E-state index in [-0.39, 0.29) is 18.3 Å². The lowest BCUT2D eigenvalue weighted by Crippen LogP contribution is -2.30. The lowest BCUT2D eigenvalue weighted by molar-refractivity contribution is -0.123. The molecule has 0 aliphatic rings. The van der Waals surface area contributed by atoms with Crippen LogP contribution >= 0.6 is 0 Å². The summed E-state index contributed by atoms with van der Waals surface area (Å²) < 4.78 is 10.8. The highest BCUT2D eigenvalue weighted by molar-refractivity contribution is 5.94. The second kappa shape index (κ2) is 8.87. The van der Waals surface area contributed by atoms with Crippen molar-refractivity contribution in [2.75, 3.05) is 20.3 Å². The number of carbonyl (C=O) groups excluding carboxylic acids is 2. The summed E-state index contributed by atoms with van der Waals surface area (Å²) in [5, 5.41) is 2.82. The molecule has 2 aromatic carbocycles. The lowest BCUT2D eigenvalue weighted by Gasteiger charge is -2.11. The Bertz CT molecular complexity index is 755. The molecule has 0 spiro atoms. The maximum Gasteiger partial charge on any atom is 0.257 e. The average molecular weight is 341 g/mol. The zero-order valence-electron chi connectivity index (χ0n) is 14.8. The number of nitrogens with one attached hydrogen (secondary N) is 1. The third-order valence-electron chi connectivity index (χ3n) is 3.76. The molecule has 5 nitrogen and oxygen atoms in total. The Hall–Kier alpha value is -2.82. The Morgan fingerprint density at radius 1 is 1.12 bits per heavy atom. The topological polar surface area (TPSA) is 64.6 Å². The van der Waals surface area contributed by atoms with Crippen molar-refractivity contribution < 1.29 is 19.1 Å². The second-order valence-corrected chi connectivity index (χ2v) is 5.79. The predicted molar refractivity (Wildman–Crippen MR) is 96.4 cm³/mol. The molecule has 0 radical (unpaired) electrons. The van der Waals surface area contributed by atoms with E-state index in [0.29, 0.717) is 24.3 Å². The fourth-order valence-corrected chi connectivity index (χ4v) is 2.44. The predicted octanol–water partition coefficient (Wildman–Crippen LogP) is 2.94. The molecule has 0 saturated carbocycles. The first-order chi connectivity index (χ1) is 12.0. The average Bonchev–Trinajstić information content (AvgIpc) is 2.60. The van der Waals surface area contributed by atoms with E-state index in [9.17, 15) is 9.59 Å². The number of hydrogen-bond acceptors (Lipinski definition) is 4. The Balaban J connectivity index is 1.80. The second-order valence-electron chi connectivity index (χ2n) is 5.79. The van der Waals surface area contributed by atoms with Crippen LogP contribution in [0, 0.1) is 6.92 Å². The molecule has 132 valence electrons. The fraction of sp³-hybridized carbons (Fsp3) is 0.300. The van der Waals surface area contributed by atoms with E-state index in [1.807, 2.05) is 19.1 Å². The summed E-state index contributed by atoms with van der Waals surface area (Å²) >= 11 is 0. The molecule has 0 heterocycles. The van der Waals surface area contributed by atoms with Gasteiger partial charge in [-0.3, -0.25) is 9.59 Å². The molecule has 2 rings (SSSR count). The van der Waals surface area contributed by atoms with E-state index in [0.717, 1.165) is 16.9 Å². The summed E-state index contributed by atoms with van der Waals surface area (Å²) in [6, 6.07) is 12.8. The van der Waals surface area contributed by atoms with Crippen molar-refractivity contribution in [1.29, 1.82) is 0 Å². The molecule has 0 fully saturated rings. The summed E-state index contributed by atoms with van der Waals surface area (Å²) in [4.78, 5) is 23.3. The van der Waals surface area contributed by atoms with Crippen LogP contribution in [-0.4, -0.2) is 32.0 Å². The molecule has 0 unspecified atom stereocenters. The number of carbonyl (C=O) groups is 2. The van der Waals surface area contributed by atoms with Gasteiger partial charge in [0.25, 0.3) is 5.91 Å². The molecule has 0 aromatic heterocycles. The normalized spacial score (nSPS) is 10.2.